The van der Waals surface area contributed by atoms with Gasteiger partial charge in [-0.2, -0.15) is 0 Å². The molecule has 0 aliphatic carbocycles. The summed E-state index contributed by atoms with van der Waals surface area (Å²) in [6.45, 7) is 0.386. The molecular weight excluding hydrogens is 286 g/mol. The van der Waals surface area contributed by atoms with Crippen LogP contribution in [0.1, 0.15) is 0 Å². The third-order valence-corrected chi connectivity index (χ3v) is 2.76. The van der Waals surface area contributed by atoms with Gasteiger partial charge in [0, 0.05) is 18.3 Å². The van der Waals surface area contributed by atoms with Crippen molar-refractivity contribution in [2.45, 2.75) is 12.5 Å². The van der Waals surface area contributed by atoms with Gasteiger partial charge in [-0.3, -0.25) is 4.79 Å². The number of aliphatic hydroxyl groups excluding tert-OH is 1. The van der Waals surface area contributed by atoms with E-state index in [4.69, 9.17) is 14.6 Å². The molecule has 1 amide bonds. The summed E-state index contributed by atoms with van der Waals surface area (Å²) in [7, 11) is 0. The van der Waals surface area contributed by atoms with Gasteiger partial charge in [0.15, 0.2) is 11.5 Å². The van der Waals surface area contributed by atoms with Crippen LogP contribution in [0.15, 0.2) is 18.2 Å². The van der Waals surface area contributed by atoms with E-state index in [1.807, 2.05) is 0 Å². The molecule has 1 unspecified atom stereocenters. The van der Waals surface area contributed by atoms with Crippen molar-refractivity contribution in [1.29, 1.82) is 0 Å². The standard InChI is InChI=1S/C13H16F2N2O4/c14-13(15)9(18)6-16-7-12(19)17-8-1-2-10-11(5-8)21-4-3-20-10/h1-2,5,9,13,16,18H,3-4,6-7H2,(H,17,19). The van der Waals surface area contributed by atoms with Crippen molar-refractivity contribution in [3.8, 4) is 11.5 Å². The average Bonchev–Trinajstić information content (AvgIpc) is 2.46. The summed E-state index contributed by atoms with van der Waals surface area (Å²) in [6, 6.07) is 4.96. The molecule has 21 heavy (non-hydrogen) atoms. The Morgan fingerprint density at radius 1 is 1.29 bits per heavy atom. The van der Waals surface area contributed by atoms with Gasteiger partial charge in [-0.05, 0) is 12.1 Å². The van der Waals surface area contributed by atoms with E-state index in [0.717, 1.165) is 0 Å². The summed E-state index contributed by atoms with van der Waals surface area (Å²) in [6.07, 6.45) is -4.62. The van der Waals surface area contributed by atoms with Crippen LogP contribution < -0.4 is 20.1 Å². The van der Waals surface area contributed by atoms with E-state index < -0.39 is 18.4 Å². The molecule has 0 fully saturated rings. The summed E-state index contributed by atoms with van der Waals surface area (Å²) in [5.74, 6) is 0.741. The van der Waals surface area contributed by atoms with Crippen LogP contribution in [0.3, 0.4) is 0 Å². The number of nitrogens with one attached hydrogen (secondary N) is 2. The Hall–Kier alpha value is -1.93. The second-order valence-electron chi connectivity index (χ2n) is 4.44. The zero-order valence-corrected chi connectivity index (χ0v) is 11.1. The molecule has 0 saturated heterocycles. The van der Waals surface area contributed by atoms with Crippen LogP contribution in [0, 0.1) is 0 Å². The number of amides is 1. The quantitative estimate of drug-likeness (QED) is 0.717. The number of carbonyl (C=O) groups excluding carboxylic acids is 1. The van der Waals surface area contributed by atoms with E-state index in [9.17, 15) is 13.6 Å². The minimum Gasteiger partial charge on any atom is -0.486 e. The predicted molar refractivity (Wildman–Crippen MR) is 70.9 cm³/mol. The smallest absolute Gasteiger partial charge is 0.265 e. The van der Waals surface area contributed by atoms with Crippen molar-refractivity contribution >= 4 is 11.6 Å². The van der Waals surface area contributed by atoms with E-state index in [0.29, 0.717) is 30.4 Å². The fourth-order valence-electron chi connectivity index (χ4n) is 1.75. The number of rotatable bonds is 6. The van der Waals surface area contributed by atoms with Crippen molar-refractivity contribution < 1.29 is 28.2 Å². The normalized spacial score (nSPS) is 14.9. The lowest BCUT2D eigenvalue weighted by molar-refractivity contribution is -0.115. The van der Waals surface area contributed by atoms with Gasteiger partial charge in [0.2, 0.25) is 5.91 Å². The lowest BCUT2D eigenvalue weighted by Crippen LogP contribution is -2.36. The Kier molecular flexibility index (Phi) is 5.29. The van der Waals surface area contributed by atoms with Crippen molar-refractivity contribution in [2.75, 3.05) is 31.6 Å². The molecule has 1 aromatic rings. The van der Waals surface area contributed by atoms with Crippen molar-refractivity contribution in [2.24, 2.45) is 0 Å². The lowest BCUT2D eigenvalue weighted by atomic mass is 10.2. The number of anilines is 1. The number of halogens is 2. The molecule has 1 aliphatic heterocycles. The largest absolute Gasteiger partial charge is 0.486 e. The maximum Gasteiger partial charge on any atom is 0.265 e. The summed E-state index contributed by atoms with van der Waals surface area (Å²) in [5.41, 5.74) is 0.514. The topological polar surface area (TPSA) is 79.8 Å². The van der Waals surface area contributed by atoms with Crippen molar-refractivity contribution in [3.63, 3.8) is 0 Å². The van der Waals surface area contributed by atoms with Crippen LogP contribution in [-0.2, 0) is 4.79 Å². The highest BCUT2D eigenvalue weighted by molar-refractivity contribution is 5.92. The van der Waals surface area contributed by atoms with Crippen LogP contribution in [0.25, 0.3) is 0 Å². The van der Waals surface area contributed by atoms with Gasteiger partial charge in [-0.15, -0.1) is 0 Å². The molecule has 0 bridgehead atoms. The lowest BCUT2D eigenvalue weighted by Gasteiger charge is -2.19. The Labute approximate surface area is 120 Å². The summed E-state index contributed by atoms with van der Waals surface area (Å²) in [4.78, 5) is 11.6. The van der Waals surface area contributed by atoms with Gasteiger partial charge < -0.3 is 25.2 Å². The molecule has 1 heterocycles. The first-order valence-electron chi connectivity index (χ1n) is 6.42. The SMILES string of the molecule is O=C(CNCC(O)C(F)F)Nc1ccc2c(c1)OCCO2. The highest BCUT2D eigenvalue weighted by Gasteiger charge is 2.16. The molecule has 6 nitrogen and oxygen atoms in total. The van der Waals surface area contributed by atoms with Gasteiger partial charge >= 0.3 is 0 Å². The average molecular weight is 302 g/mol. The van der Waals surface area contributed by atoms with Crippen LogP contribution in [0.2, 0.25) is 0 Å². The Morgan fingerprint density at radius 2 is 2.00 bits per heavy atom. The maximum atomic E-state index is 12.0. The molecule has 0 spiro atoms. The number of aliphatic hydroxyl groups is 1. The highest BCUT2D eigenvalue weighted by Crippen LogP contribution is 2.32. The van der Waals surface area contributed by atoms with Crippen molar-refractivity contribution in [1.82, 2.24) is 5.32 Å². The number of carbonyl (C=O) groups is 1. The second kappa shape index (κ2) is 7.19. The van der Waals surface area contributed by atoms with E-state index >= 15 is 0 Å². The third-order valence-electron chi connectivity index (χ3n) is 2.76. The number of hydrogen-bond acceptors (Lipinski definition) is 5. The van der Waals surface area contributed by atoms with Crippen LogP contribution in [0.4, 0.5) is 14.5 Å². The Bertz CT molecular complexity index is 499. The monoisotopic (exact) mass is 302 g/mol. The van der Waals surface area contributed by atoms with Crippen molar-refractivity contribution in [3.05, 3.63) is 18.2 Å². The molecule has 8 heteroatoms. The highest BCUT2D eigenvalue weighted by atomic mass is 19.3. The fraction of sp³-hybridized carbons (Fsp3) is 0.462. The zero-order valence-electron chi connectivity index (χ0n) is 11.1. The minimum absolute atomic E-state index is 0.182. The molecule has 1 aliphatic rings. The number of ether oxygens (including phenoxy) is 2. The Morgan fingerprint density at radius 3 is 2.71 bits per heavy atom. The van der Waals surface area contributed by atoms with E-state index in [1.54, 1.807) is 18.2 Å². The van der Waals surface area contributed by atoms with E-state index in [2.05, 4.69) is 10.6 Å². The first kappa shape index (κ1) is 15.5. The number of benzene rings is 1. The van der Waals surface area contributed by atoms with Crippen LogP contribution in [-0.4, -0.2) is 49.8 Å². The van der Waals surface area contributed by atoms with Crippen LogP contribution >= 0.6 is 0 Å². The first-order chi connectivity index (χ1) is 10.1. The summed E-state index contributed by atoms with van der Waals surface area (Å²) in [5, 5.41) is 13.9. The number of alkyl halides is 2. The maximum absolute atomic E-state index is 12.0. The van der Waals surface area contributed by atoms with Gasteiger partial charge in [-0.1, -0.05) is 0 Å². The minimum atomic E-state index is -2.83. The molecular formula is C13H16F2N2O4. The third kappa shape index (κ3) is 4.54. The molecule has 0 aromatic heterocycles. The molecule has 3 N–H and O–H groups in total. The molecule has 0 saturated carbocycles. The van der Waals surface area contributed by atoms with Crippen LogP contribution in [0.5, 0.6) is 11.5 Å². The summed E-state index contributed by atoms with van der Waals surface area (Å²) >= 11 is 0. The van der Waals surface area contributed by atoms with Gasteiger partial charge in [0.1, 0.15) is 19.3 Å². The summed E-state index contributed by atoms with van der Waals surface area (Å²) < 4.78 is 34.8. The fourth-order valence-corrected chi connectivity index (χ4v) is 1.75. The molecule has 1 atom stereocenters. The molecule has 0 radical (unpaired) electrons. The number of fused-ring (bicyclic) bond motifs is 1. The second-order valence-corrected chi connectivity index (χ2v) is 4.44. The molecule has 116 valence electrons. The van der Waals surface area contributed by atoms with Gasteiger partial charge in [0.05, 0.1) is 6.54 Å². The molecule has 1 aromatic carbocycles. The van der Waals surface area contributed by atoms with E-state index in [-0.39, 0.29) is 13.1 Å². The first-order valence-corrected chi connectivity index (χ1v) is 6.42. The molecule has 2 rings (SSSR count). The Balaban J connectivity index is 1.80. The number of hydrogen-bond donors (Lipinski definition) is 3. The van der Waals surface area contributed by atoms with Gasteiger partial charge in [-0.25, -0.2) is 8.78 Å². The van der Waals surface area contributed by atoms with Gasteiger partial charge in [0.25, 0.3) is 6.43 Å². The predicted octanol–water partition coefficient (Wildman–Crippen LogP) is 0.612. The van der Waals surface area contributed by atoms with E-state index in [1.165, 1.54) is 0 Å². The zero-order chi connectivity index (χ0) is 15.2.